The Morgan fingerprint density at radius 1 is 1.14 bits per heavy atom. The molecule has 0 amide bonds. The Morgan fingerprint density at radius 2 is 1.93 bits per heavy atom. The minimum Gasteiger partial charge on any atom is -0.334 e. The molecule has 7 nitrogen and oxygen atoms in total. The fraction of sp³-hybridized carbons (Fsp3) is 0.333. The van der Waals surface area contributed by atoms with Crippen LogP contribution in [0.25, 0.3) is 33.7 Å². The maximum Gasteiger partial charge on any atom is 0.258 e. The molecule has 1 fully saturated rings. The first kappa shape index (κ1) is 17.1. The van der Waals surface area contributed by atoms with Crippen LogP contribution in [-0.2, 0) is 5.54 Å². The van der Waals surface area contributed by atoms with Crippen LogP contribution in [0.5, 0.6) is 0 Å². The second-order valence-electron chi connectivity index (χ2n) is 7.77. The number of rotatable bonds is 4. The highest BCUT2D eigenvalue weighted by molar-refractivity contribution is 5.92. The van der Waals surface area contributed by atoms with Crippen molar-refractivity contribution in [3.63, 3.8) is 0 Å². The lowest BCUT2D eigenvalue weighted by atomic mass is 9.77. The summed E-state index contributed by atoms with van der Waals surface area (Å²) >= 11 is 0. The van der Waals surface area contributed by atoms with Crippen molar-refractivity contribution >= 4 is 11.0 Å². The van der Waals surface area contributed by atoms with E-state index in [9.17, 15) is 0 Å². The van der Waals surface area contributed by atoms with Crippen LogP contribution in [0.15, 0.2) is 47.1 Å². The van der Waals surface area contributed by atoms with E-state index in [1.54, 1.807) is 0 Å². The first-order valence-electron chi connectivity index (χ1n) is 9.62. The van der Waals surface area contributed by atoms with Crippen LogP contribution in [0, 0.1) is 0 Å². The Labute approximate surface area is 162 Å². The van der Waals surface area contributed by atoms with E-state index in [0.29, 0.717) is 11.7 Å². The first-order valence-corrected chi connectivity index (χ1v) is 9.62. The summed E-state index contributed by atoms with van der Waals surface area (Å²) in [5.74, 6) is 1.04. The zero-order valence-corrected chi connectivity index (χ0v) is 16.0. The Balaban J connectivity index is 1.71. The Hall–Kier alpha value is -3.06. The van der Waals surface area contributed by atoms with Gasteiger partial charge >= 0.3 is 0 Å². The van der Waals surface area contributed by atoms with E-state index in [-0.39, 0.29) is 6.04 Å². The molecule has 1 saturated carbocycles. The Bertz CT molecular complexity index is 1140. The summed E-state index contributed by atoms with van der Waals surface area (Å²) in [5.41, 5.74) is 9.42. The zero-order valence-electron chi connectivity index (χ0n) is 16.0. The van der Waals surface area contributed by atoms with Gasteiger partial charge in [0.1, 0.15) is 0 Å². The molecule has 0 unspecified atom stereocenters. The summed E-state index contributed by atoms with van der Waals surface area (Å²) in [5, 5.41) is 9.61. The van der Waals surface area contributed by atoms with E-state index in [1.807, 2.05) is 47.3 Å². The number of benzene rings is 1. The molecule has 1 aromatic carbocycles. The van der Waals surface area contributed by atoms with Crippen molar-refractivity contribution in [1.82, 2.24) is 24.9 Å². The third kappa shape index (κ3) is 2.62. The molecule has 5 rings (SSSR count). The van der Waals surface area contributed by atoms with Crippen LogP contribution in [0.4, 0.5) is 0 Å². The lowest BCUT2D eigenvalue weighted by Crippen LogP contribution is -2.44. The van der Waals surface area contributed by atoms with E-state index in [0.717, 1.165) is 47.1 Å². The molecule has 1 aliphatic carbocycles. The molecule has 0 atom stereocenters. The van der Waals surface area contributed by atoms with Gasteiger partial charge in [-0.15, -0.1) is 0 Å². The van der Waals surface area contributed by atoms with Gasteiger partial charge < -0.3 is 10.3 Å². The Kier molecular flexibility index (Phi) is 3.80. The van der Waals surface area contributed by atoms with E-state index in [1.165, 1.54) is 0 Å². The molecule has 0 bridgehead atoms. The molecule has 28 heavy (non-hydrogen) atoms. The SMILES string of the molecule is CC(C)n1ncc2c(-c3nc(C4(N)CCC4)no3)cc(-c3ccccc3)nc21. The molecule has 2 N–H and O–H groups in total. The van der Waals surface area contributed by atoms with Crippen molar-refractivity contribution in [3.8, 4) is 22.7 Å². The molecule has 142 valence electrons. The van der Waals surface area contributed by atoms with Crippen molar-refractivity contribution in [2.45, 2.75) is 44.7 Å². The van der Waals surface area contributed by atoms with Gasteiger partial charge in [-0.1, -0.05) is 35.5 Å². The summed E-state index contributed by atoms with van der Waals surface area (Å²) < 4.78 is 7.55. The highest BCUT2D eigenvalue weighted by Crippen LogP contribution is 2.39. The summed E-state index contributed by atoms with van der Waals surface area (Å²) in [7, 11) is 0. The molecule has 0 spiro atoms. The third-order valence-corrected chi connectivity index (χ3v) is 5.47. The highest BCUT2D eigenvalue weighted by atomic mass is 16.5. The lowest BCUT2D eigenvalue weighted by molar-refractivity contribution is 0.229. The predicted octanol–water partition coefficient (Wildman–Crippen LogP) is 4.07. The number of hydrogen-bond acceptors (Lipinski definition) is 6. The number of nitrogens with two attached hydrogens (primary N) is 1. The fourth-order valence-electron chi connectivity index (χ4n) is 3.65. The minimum atomic E-state index is -0.460. The molecule has 0 saturated heterocycles. The largest absolute Gasteiger partial charge is 0.334 e. The van der Waals surface area contributed by atoms with Gasteiger partial charge in [0.05, 0.1) is 28.4 Å². The average Bonchev–Trinajstić information content (AvgIpc) is 3.33. The van der Waals surface area contributed by atoms with Gasteiger partial charge in [0.15, 0.2) is 11.5 Å². The molecule has 7 heteroatoms. The van der Waals surface area contributed by atoms with Crippen molar-refractivity contribution in [1.29, 1.82) is 0 Å². The van der Waals surface area contributed by atoms with Crippen LogP contribution >= 0.6 is 0 Å². The molecule has 0 radical (unpaired) electrons. The van der Waals surface area contributed by atoms with Crippen LogP contribution < -0.4 is 5.73 Å². The van der Waals surface area contributed by atoms with Gasteiger partial charge in [-0.3, -0.25) is 0 Å². The van der Waals surface area contributed by atoms with Gasteiger partial charge in [0.25, 0.3) is 5.89 Å². The maximum absolute atomic E-state index is 6.38. The molecule has 3 aromatic heterocycles. The maximum atomic E-state index is 6.38. The fourth-order valence-corrected chi connectivity index (χ4v) is 3.65. The number of nitrogens with zero attached hydrogens (tertiary/aromatic N) is 5. The normalized spacial score (nSPS) is 15.9. The molecule has 1 aliphatic rings. The number of fused-ring (bicyclic) bond motifs is 1. The minimum absolute atomic E-state index is 0.185. The molecular weight excluding hydrogens is 352 g/mol. The van der Waals surface area contributed by atoms with Gasteiger partial charge in [0.2, 0.25) is 0 Å². The molecule has 0 aliphatic heterocycles. The van der Waals surface area contributed by atoms with E-state index < -0.39 is 5.54 Å². The van der Waals surface area contributed by atoms with Crippen molar-refractivity contribution in [3.05, 3.63) is 48.4 Å². The smallest absolute Gasteiger partial charge is 0.258 e. The molecule has 3 heterocycles. The topological polar surface area (TPSA) is 95.7 Å². The zero-order chi connectivity index (χ0) is 19.3. The van der Waals surface area contributed by atoms with Gasteiger partial charge in [-0.05, 0) is 39.2 Å². The molecular formula is C21H22N6O. The number of aromatic nitrogens is 5. The summed E-state index contributed by atoms with van der Waals surface area (Å²) in [6, 6.07) is 12.2. The van der Waals surface area contributed by atoms with Crippen LogP contribution in [0.2, 0.25) is 0 Å². The molecule has 4 aromatic rings. The van der Waals surface area contributed by atoms with E-state index in [4.69, 9.17) is 15.2 Å². The monoisotopic (exact) mass is 374 g/mol. The standard InChI is InChI=1S/C21H22N6O/c1-13(2)27-18-16(12-23-27)15(11-17(24-18)14-7-4-3-5-8-14)19-25-20(26-28-19)21(22)9-6-10-21/h3-5,7-8,11-13H,6,9-10,22H2,1-2H3. The van der Waals surface area contributed by atoms with E-state index >= 15 is 0 Å². The van der Waals surface area contributed by atoms with Crippen molar-refractivity contribution < 1.29 is 4.52 Å². The predicted molar refractivity (Wildman–Crippen MR) is 106 cm³/mol. The summed E-state index contributed by atoms with van der Waals surface area (Å²) in [6.45, 7) is 4.17. The highest BCUT2D eigenvalue weighted by Gasteiger charge is 2.39. The number of hydrogen-bond donors (Lipinski definition) is 1. The van der Waals surface area contributed by atoms with Gasteiger partial charge in [-0.25, -0.2) is 9.67 Å². The van der Waals surface area contributed by atoms with Crippen LogP contribution in [0.1, 0.15) is 45.0 Å². The second kappa shape index (κ2) is 6.24. The summed E-state index contributed by atoms with van der Waals surface area (Å²) in [4.78, 5) is 9.53. The summed E-state index contributed by atoms with van der Waals surface area (Å²) in [6.07, 6.45) is 4.69. The average molecular weight is 374 g/mol. The van der Waals surface area contributed by atoms with Crippen LogP contribution in [-0.4, -0.2) is 24.9 Å². The Morgan fingerprint density at radius 3 is 2.61 bits per heavy atom. The third-order valence-electron chi connectivity index (χ3n) is 5.47. The van der Waals surface area contributed by atoms with Crippen molar-refractivity contribution in [2.24, 2.45) is 5.73 Å². The lowest BCUT2D eigenvalue weighted by Gasteiger charge is -2.34. The van der Waals surface area contributed by atoms with Gasteiger partial charge in [-0.2, -0.15) is 10.1 Å². The number of pyridine rings is 1. The first-order chi connectivity index (χ1) is 13.5. The second-order valence-corrected chi connectivity index (χ2v) is 7.77. The van der Waals surface area contributed by atoms with E-state index in [2.05, 4.69) is 29.1 Å². The van der Waals surface area contributed by atoms with Gasteiger partial charge in [0, 0.05) is 11.6 Å². The van der Waals surface area contributed by atoms with Crippen LogP contribution in [0.3, 0.4) is 0 Å². The quantitative estimate of drug-likeness (QED) is 0.578. The van der Waals surface area contributed by atoms with Crippen molar-refractivity contribution in [2.75, 3.05) is 0 Å².